The lowest BCUT2D eigenvalue weighted by Crippen LogP contribution is -1.97. The third kappa shape index (κ3) is 4.52. The molecule has 0 spiro atoms. The molecule has 0 aliphatic rings. The zero-order valence-corrected chi connectivity index (χ0v) is 14.4. The molecule has 1 N–H and O–H groups in total. The number of benzene rings is 2. The second-order valence-corrected chi connectivity index (χ2v) is 5.32. The summed E-state index contributed by atoms with van der Waals surface area (Å²) in [7, 11) is 1.54. The van der Waals surface area contributed by atoms with Gasteiger partial charge in [-0.25, -0.2) is 8.78 Å². The van der Waals surface area contributed by atoms with Crippen LogP contribution in [0.25, 0.3) is 0 Å². The van der Waals surface area contributed by atoms with Crippen molar-refractivity contribution in [3.63, 3.8) is 0 Å². The van der Waals surface area contributed by atoms with Gasteiger partial charge in [0, 0.05) is 10.6 Å². The van der Waals surface area contributed by atoms with E-state index in [1.54, 1.807) is 18.2 Å². The van der Waals surface area contributed by atoms with Crippen molar-refractivity contribution in [2.24, 2.45) is 0 Å². The molecule has 0 radical (unpaired) electrons. The van der Waals surface area contributed by atoms with Crippen molar-refractivity contribution >= 4 is 29.2 Å². The highest BCUT2D eigenvalue weighted by atomic mass is 35.5. The summed E-state index contributed by atoms with van der Waals surface area (Å²) in [6, 6.07) is 7.69. The highest BCUT2D eigenvalue weighted by Crippen LogP contribution is 2.33. The van der Waals surface area contributed by atoms with Gasteiger partial charge >= 0.3 is 0 Å². The van der Waals surface area contributed by atoms with Crippen molar-refractivity contribution in [3.8, 4) is 5.75 Å². The first kappa shape index (κ1) is 18.6. The van der Waals surface area contributed by atoms with Crippen LogP contribution in [0.5, 0.6) is 5.75 Å². The molecule has 0 amide bonds. The third-order valence-electron chi connectivity index (χ3n) is 2.72. The van der Waals surface area contributed by atoms with Crippen molar-refractivity contribution in [2.45, 2.75) is 25.7 Å². The first-order valence-electron chi connectivity index (χ1n) is 6.74. The molecule has 0 heterocycles. The standard InChI is InChI=1S/C14H12ClF2NOS.C2H6/c1-8-10(16)4-5-11(14(8)17)18-20-13-7-9(15)3-6-12(13)19-2;1-2/h3-7,18H,1-2H3;1-2H3. The molecular weight excluding hydrogens is 328 g/mol. The molecule has 0 atom stereocenters. The van der Waals surface area contributed by atoms with Gasteiger partial charge in [-0.1, -0.05) is 25.4 Å². The zero-order chi connectivity index (χ0) is 16.7. The summed E-state index contributed by atoms with van der Waals surface area (Å²) < 4.78 is 35.1. The van der Waals surface area contributed by atoms with Crippen molar-refractivity contribution in [2.75, 3.05) is 11.8 Å². The Labute approximate surface area is 139 Å². The van der Waals surface area contributed by atoms with Crippen LogP contribution in [0, 0.1) is 18.6 Å². The fourth-order valence-corrected chi connectivity index (χ4v) is 2.63. The average Bonchev–Trinajstić information content (AvgIpc) is 2.54. The molecule has 0 saturated carbocycles. The summed E-state index contributed by atoms with van der Waals surface area (Å²) in [6.07, 6.45) is 0. The molecule has 0 fully saturated rings. The third-order valence-corrected chi connectivity index (χ3v) is 3.81. The molecule has 2 aromatic carbocycles. The molecule has 0 saturated heterocycles. The number of rotatable bonds is 4. The van der Waals surface area contributed by atoms with Crippen LogP contribution in [0.3, 0.4) is 0 Å². The number of ether oxygens (including phenoxy) is 1. The van der Waals surface area contributed by atoms with Gasteiger partial charge in [0.2, 0.25) is 0 Å². The van der Waals surface area contributed by atoms with Crippen molar-refractivity contribution < 1.29 is 13.5 Å². The summed E-state index contributed by atoms with van der Waals surface area (Å²) in [5, 5.41) is 0.547. The summed E-state index contributed by atoms with van der Waals surface area (Å²) in [5.74, 6) is -0.567. The normalized spacial score (nSPS) is 9.77. The van der Waals surface area contributed by atoms with E-state index in [4.69, 9.17) is 16.3 Å². The number of hydrogen-bond acceptors (Lipinski definition) is 3. The van der Waals surface area contributed by atoms with Gasteiger partial charge in [-0.15, -0.1) is 0 Å². The Kier molecular flexibility index (Phi) is 7.48. The number of anilines is 1. The minimum atomic E-state index is -0.613. The van der Waals surface area contributed by atoms with Crippen LogP contribution >= 0.6 is 23.5 Å². The Hall–Kier alpha value is -1.46. The van der Waals surface area contributed by atoms with E-state index in [2.05, 4.69) is 4.72 Å². The van der Waals surface area contributed by atoms with Crippen LogP contribution in [0.15, 0.2) is 35.2 Å². The maximum atomic E-state index is 13.9. The molecule has 0 aliphatic carbocycles. The molecule has 0 unspecified atom stereocenters. The molecule has 2 nitrogen and oxygen atoms in total. The van der Waals surface area contributed by atoms with Gasteiger partial charge in [0.05, 0.1) is 17.7 Å². The minimum Gasteiger partial charge on any atom is -0.496 e. The smallest absolute Gasteiger partial charge is 0.152 e. The van der Waals surface area contributed by atoms with E-state index in [1.165, 1.54) is 26.2 Å². The SMILES string of the molecule is CC.COc1ccc(Cl)cc1SNc1ccc(F)c(C)c1F. The highest BCUT2D eigenvalue weighted by Gasteiger charge is 2.11. The number of methoxy groups -OCH3 is 1. The Morgan fingerprint density at radius 2 is 1.82 bits per heavy atom. The van der Waals surface area contributed by atoms with E-state index in [0.29, 0.717) is 15.7 Å². The molecule has 6 heteroatoms. The Bertz CT molecular complexity index is 638. The number of hydrogen-bond donors (Lipinski definition) is 1. The Morgan fingerprint density at radius 1 is 1.14 bits per heavy atom. The van der Waals surface area contributed by atoms with Crippen molar-refractivity contribution in [1.82, 2.24) is 0 Å². The molecule has 0 aliphatic heterocycles. The van der Waals surface area contributed by atoms with Gasteiger partial charge in [0.25, 0.3) is 0 Å². The summed E-state index contributed by atoms with van der Waals surface area (Å²) in [4.78, 5) is 0.710. The fourth-order valence-electron chi connectivity index (χ4n) is 1.58. The first-order chi connectivity index (χ1) is 10.5. The lowest BCUT2D eigenvalue weighted by atomic mass is 10.2. The number of nitrogens with one attached hydrogen (secondary N) is 1. The summed E-state index contributed by atoms with van der Waals surface area (Å²) in [5.41, 5.74) is 0.185. The van der Waals surface area contributed by atoms with Crippen LogP contribution in [0.4, 0.5) is 14.5 Å². The highest BCUT2D eigenvalue weighted by molar-refractivity contribution is 8.00. The maximum Gasteiger partial charge on any atom is 0.152 e. The summed E-state index contributed by atoms with van der Waals surface area (Å²) >= 11 is 7.06. The van der Waals surface area contributed by atoms with Crippen molar-refractivity contribution in [3.05, 3.63) is 52.6 Å². The molecule has 120 valence electrons. The van der Waals surface area contributed by atoms with Gasteiger partial charge in [0.1, 0.15) is 11.6 Å². The average molecular weight is 346 g/mol. The predicted molar refractivity (Wildman–Crippen MR) is 89.9 cm³/mol. The van der Waals surface area contributed by atoms with E-state index in [0.717, 1.165) is 11.9 Å². The molecule has 0 bridgehead atoms. The van der Waals surface area contributed by atoms with Crippen molar-refractivity contribution in [1.29, 1.82) is 0 Å². The quantitative estimate of drug-likeness (QED) is 0.678. The topological polar surface area (TPSA) is 21.3 Å². The maximum absolute atomic E-state index is 13.9. The number of halogens is 3. The molecular formula is C16H18ClF2NOS. The van der Waals surface area contributed by atoms with Gasteiger partial charge in [0.15, 0.2) is 5.82 Å². The zero-order valence-electron chi connectivity index (χ0n) is 12.8. The van der Waals surface area contributed by atoms with E-state index in [9.17, 15) is 8.78 Å². The van der Waals surface area contributed by atoms with E-state index in [-0.39, 0.29) is 11.3 Å². The molecule has 2 rings (SSSR count). The second-order valence-electron chi connectivity index (χ2n) is 4.03. The van der Waals surface area contributed by atoms with E-state index >= 15 is 0 Å². The minimum absolute atomic E-state index is 0.0198. The van der Waals surface area contributed by atoms with Crippen LogP contribution in [0.2, 0.25) is 5.02 Å². The summed E-state index contributed by atoms with van der Waals surface area (Å²) in [6.45, 7) is 5.39. The monoisotopic (exact) mass is 345 g/mol. The van der Waals surface area contributed by atoms with Gasteiger partial charge in [-0.05, 0) is 49.2 Å². The molecule has 0 aromatic heterocycles. The lowest BCUT2D eigenvalue weighted by molar-refractivity contribution is 0.405. The van der Waals surface area contributed by atoms with Gasteiger partial charge in [-0.3, -0.25) is 0 Å². The van der Waals surface area contributed by atoms with Crippen LogP contribution in [-0.2, 0) is 0 Å². The molecule has 22 heavy (non-hydrogen) atoms. The molecule has 2 aromatic rings. The van der Waals surface area contributed by atoms with E-state index in [1.807, 2.05) is 13.8 Å². The van der Waals surface area contributed by atoms with Gasteiger partial charge < -0.3 is 9.46 Å². The Morgan fingerprint density at radius 3 is 2.45 bits per heavy atom. The van der Waals surface area contributed by atoms with Crippen LogP contribution in [-0.4, -0.2) is 7.11 Å². The van der Waals surface area contributed by atoms with Crippen LogP contribution in [0.1, 0.15) is 19.4 Å². The Balaban J connectivity index is 0.00000116. The van der Waals surface area contributed by atoms with Gasteiger partial charge in [-0.2, -0.15) is 0 Å². The fraction of sp³-hybridized carbons (Fsp3) is 0.250. The second kappa shape index (κ2) is 8.86. The predicted octanol–water partition coefficient (Wildman–Crippen LogP) is 6.08. The van der Waals surface area contributed by atoms with Crippen LogP contribution < -0.4 is 9.46 Å². The largest absolute Gasteiger partial charge is 0.496 e. The lowest BCUT2D eigenvalue weighted by Gasteiger charge is -2.11. The van der Waals surface area contributed by atoms with E-state index < -0.39 is 11.6 Å². The first-order valence-corrected chi connectivity index (χ1v) is 7.93.